The summed E-state index contributed by atoms with van der Waals surface area (Å²) in [4.78, 5) is 13.7. The number of aliphatic imine (C=N–C) groups is 1. The molecule has 1 atom stereocenters. The zero-order valence-electron chi connectivity index (χ0n) is 15.8. The fourth-order valence-corrected chi connectivity index (χ4v) is 2.96. The maximum Gasteiger partial charge on any atom is 0.223 e. The molecule has 2 aromatic rings. The van der Waals surface area contributed by atoms with Crippen LogP contribution in [0.2, 0.25) is 0 Å². The van der Waals surface area contributed by atoms with E-state index in [1.54, 1.807) is 24.4 Å². The summed E-state index contributed by atoms with van der Waals surface area (Å²) in [6.45, 7) is 9.42. The van der Waals surface area contributed by atoms with Crippen LogP contribution in [-0.2, 0) is 0 Å². The minimum atomic E-state index is -0.292. The van der Waals surface area contributed by atoms with Gasteiger partial charge in [-0.3, -0.25) is 0 Å². The third-order valence-electron chi connectivity index (χ3n) is 4.21. The SMILES string of the molecule is CC(C)CNc1ncc2c(n1)C(CC(C)C)C(Nc1ccccc1F)=N2. The van der Waals surface area contributed by atoms with Gasteiger partial charge in [-0.1, -0.05) is 39.8 Å². The molecule has 1 unspecified atom stereocenters. The summed E-state index contributed by atoms with van der Waals surface area (Å²) in [7, 11) is 0. The highest BCUT2D eigenvalue weighted by Crippen LogP contribution is 2.38. The first-order valence-corrected chi connectivity index (χ1v) is 9.15. The van der Waals surface area contributed by atoms with E-state index in [-0.39, 0.29) is 11.7 Å². The Labute approximate surface area is 154 Å². The third kappa shape index (κ3) is 4.18. The van der Waals surface area contributed by atoms with Crippen LogP contribution in [0, 0.1) is 17.7 Å². The van der Waals surface area contributed by atoms with Gasteiger partial charge in [-0.05, 0) is 30.4 Å². The van der Waals surface area contributed by atoms with Gasteiger partial charge in [0, 0.05) is 6.54 Å². The van der Waals surface area contributed by atoms with Crippen molar-refractivity contribution in [2.75, 3.05) is 17.2 Å². The van der Waals surface area contributed by atoms with Crippen molar-refractivity contribution in [1.29, 1.82) is 0 Å². The highest BCUT2D eigenvalue weighted by Gasteiger charge is 2.31. The monoisotopic (exact) mass is 355 g/mol. The Morgan fingerprint density at radius 2 is 1.88 bits per heavy atom. The zero-order chi connectivity index (χ0) is 18.7. The van der Waals surface area contributed by atoms with Gasteiger partial charge in [-0.15, -0.1) is 0 Å². The number of halogens is 1. The molecular weight excluding hydrogens is 329 g/mol. The van der Waals surface area contributed by atoms with Gasteiger partial charge in [0.2, 0.25) is 5.95 Å². The normalized spacial score (nSPS) is 16.0. The number of para-hydroxylation sites is 1. The highest BCUT2D eigenvalue weighted by atomic mass is 19.1. The zero-order valence-corrected chi connectivity index (χ0v) is 15.8. The first-order valence-electron chi connectivity index (χ1n) is 9.15. The lowest BCUT2D eigenvalue weighted by Crippen LogP contribution is -2.21. The molecule has 2 heterocycles. The summed E-state index contributed by atoms with van der Waals surface area (Å²) in [5, 5.41) is 6.44. The Kier molecular flexibility index (Phi) is 5.49. The van der Waals surface area contributed by atoms with E-state index in [1.807, 2.05) is 0 Å². The van der Waals surface area contributed by atoms with Gasteiger partial charge in [-0.25, -0.2) is 19.4 Å². The minimum Gasteiger partial charge on any atom is -0.354 e. The lowest BCUT2D eigenvalue weighted by atomic mass is 9.93. The summed E-state index contributed by atoms with van der Waals surface area (Å²) >= 11 is 0. The van der Waals surface area contributed by atoms with Crippen molar-refractivity contribution in [3.63, 3.8) is 0 Å². The van der Waals surface area contributed by atoms with E-state index in [4.69, 9.17) is 4.98 Å². The van der Waals surface area contributed by atoms with Crippen molar-refractivity contribution < 1.29 is 4.39 Å². The molecule has 5 nitrogen and oxygen atoms in total. The van der Waals surface area contributed by atoms with E-state index in [9.17, 15) is 4.39 Å². The van der Waals surface area contributed by atoms with E-state index in [2.05, 4.69) is 48.3 Å². The van der Waals surface area contributed by atoms with Gasteiger partial charge in [-0.2, -0.15) is 0 Å². The molecule has 1 aromatic carbocycles. The van der Waals surface area contributed by atoms with Crippen molar-refractivity contribution in [2.45, 2.75) is 40.0 Å². The summed E-state index contributed by atoms with van der Waals surface area (Å²) in [5.74, 6) is 2.03. The molecule has 2 N–H and O–H groups in total. The number of nitrogens with one attached hydrogen (secondary N) is 2. The maximum atomic E-state index is 14.0. The van der Waals surface area contributed by atoms with Gasteiger partial charge in [0.1, 0.15) is 17.3 Å². The molecule has 0 spiro atoms. The Morgan fingerprint density at radius 3 is 2.58 bits per heavy atom. The van der Waals surface area contributed by atoms with Crippen LogP contribution in [0.4, 0.5) is 21.7 Å². The van der Waals surface area contributed by atoms with E-state index in [0.717, 1.165) is 30.2 Å². The molecule has 1 aliphatic rings. The number of amidine groups is 1. The maximum absolute atomic E-state index is 14.0. The molecule has 3 rings (SSSR count). The van der Waals surface area contributed by atoms with Crippen LogP contribution in [0.5, 0.6) is 0 Å². The molecule has 0 radical (unpaired) electrons. The van der Waals surface area contributed by atoms with Gasteiger partial charge in [0.05, 0.1) is 23.5 Å². The summed E-state index contributed by atoms with van der Waals surface area (Å²) < 4.78 is 14.0. The van der Waals surface area contributed by atoms with Gasteiger partial charge in [0.15, 0.2) is 0 Å². The van der Waals surface area contributed by atoms with E-state index >= 15 is 0 Å². The first kappa shape index (κ1) is 18.3. The van der Waals surface area contributed by atoms with Gasteiger partial charge in [0.25, 0.3) is 0 Å². The number of hydrogen-bond acceptors (Lipinski definition) is 5. The number of nitrogens with zero attached hydrogens (tertiary/aromatic N) is 3. The fraction of sp³-hybridized carbons (Fsp3) is 0.450. The summed E-state index contributed by atoms with van der Waals surface area (Å²) in [6.07, 6.45) is 2.63. The van der Waals surface area contributed by atoms with Gasteiger partial charge < -0.3 is 10.6 Å². The average molecular weight is 355 g/mol. The Morgan fingerprint density at radius 1 is 1.12 bits per heavy atom. The fourth-order valence-electron chi connectivity index (χ4n) is 2.96. The number of fused-ring (bicyclic) bond motifs is 1. The Bertz CT molecular complexity index is 801. The molecule has 0 bridgehead atoms. The molecule has 0 aliphatic carbocycles. The van der Waals surface area contributed by atoms with Crippen molar-refractivity contribution in [1.82, 2.24) is 9.97 Å². The van der Waals surface area contributed by atoms with Crippen LogP contribution in [0.25, 0.3) is 0 Å². The second kappa shape index (κ2) is 7.81. The molecule has 0 saturated heterocycles. The predicted molar refractivity (Wildman–Crippen MR) is 105 cm³/mol. The molecule has 1 aromatic heterocycles. The number of anilines is 2. The number of hydrogen-bond donors (Lipinski definition) is 2. The van der Waals surface area contributed by atoms with Crippen LogP contribution in [0.15, 0.2) is 35.5 Å². The lowest BCUT2D eigenvalue weighted by molar-refractivity contribution is 0.561. The van der Waals surface area contributed by atoms with E-state index in [1.165, 1.54) is 6.07 Å². The second-order valence-corrected chi connectivity index (χ2v) is 7.52. The van der Waals surface area contributed by atoms with Crippen molar-refractivity contribution in [3.05, 3.63) is 42.0 Å². The summed E-state index contributed by atoms with van der Waals surface area (Å²) in [5.41, 5.74) is 2.09. The topological polar surface area (TPSA) is 62.2 Å². The van der Waals surface area contributed by atoms with E-state index in [0.29, 0.717) is 23.5 Å². The van der Waals surface area contributed by atoms with Crippen LogP contribution in [-0.4, -0.2) is 22.3 Å². The second-order valence-electron chi connectivity index (χ2n) is 7.52. The lowest BCUT2D eigenvalue weighted by Gasteiger charge is -2.18. The quantitative estimate of drug-likeness (QED) is 0.768. The Hall–Kier alpha value is -2.50. The standard InChI is InChI=1S/C20H26FN5/c1-12(2)9-14-18-17(11-23-20(26-18)22-10-13(3)4)25-19(14)24-16-8-6-5-7-15(16)21/h5-8,11-14H,9-10H2,1-4H3,(H,24,25)(H,22,23,26). The largest absolute Gasteiger partial charge is 0.354 e. The average Bonchev–Trinajstić information content (AvgIpc) is 2.91. The molecule has 138 valence electrons. The van der Waals surface area contributed by atoms with Crippen molar-refractivity contribution in [3.8, 4) is 0 Å². The molecular formula is C20H26FN5. The van der Waals surface area contributed by atoms with Crippen LogP contribution < -0.4 is 10.6 Å². The number of benzene rings is 1. The molecule has 0 fully saturated rings. The Balaban J connectivity index is 1.87. The van der Waals surface area contributed by atoms with Crippen LogP contribution in [0.3, 0.4) is 0 Å². The van der Waals surface area contributed by atoms with Gasteiger partial charge >= 0.3 is 0 Å². The predicted octanol–water partition coefficient (Wildman–Crippen LogP) is 4.97. The molecule has 1 aliphatic heterocycles. The molecule has 26 heavy (non-hydrogen) atoms. The first-order chi connectivity index (χ1) is 12.4. The summed E-state index contributed by atoms with van der Waals surface area (Å²) in [6, 6.07) is 6.64. The highest BCUT2D eigenvalue weighted by molar-refractivity contribution is 6.05. The molecule has 0 amide bonds. The van der Waals surface area contributed by atoms with Crippen molar-refractivity contribution >= 4 is 23.2 Å². The smallest absolute Gasteiger partial charge is 0.223 e. The molecule has 6 heteroatoms. The van der Waals surface area contributed by atoms with Crippen molar-refractivity contribution in [2.24, 2.45) is 16.8 Å². The third-order valence-corrected chi connectivity index (χ3v) is 4.21. The number of aromatic nitrogens is 2. The molecule has 0 saturated carbocycles. The van der Waals surface area contributed by atoms with Crippen LogP contribution >= 0.6 is 0 Å². The van der Waals surface area contributed by atoms with Crippen LogP contribution in [0.1, 0.15) is 45.7 Å². The van der Waals surface area contributed by atoms with E-state index < -0.39 is 0 Å². The minimum absolute atomic E-state index is 0.00667. The number of rotatable bonds is 6.